The Balaban J connectivity index is 1.56. The van der Waals surface area contributed by atoms with Crippen LogP contribution >= 0.6 is 0 Å². The van der Waals surface area contributed by atoms with Crippen LogP contribution < -0.4 is 10.9 Å². The minimum atomic E-state index is -0.289. The number of benzene rings is 2. The van der Waals surface area contributed by atoms with Crippen LogP contribution in [0.1, 0.15) is 23.6 Å². The lowest BCUT2D eigenvalue weighted by Crippen LogP contribution is -2.27. The van der Waals surface area contributed by atoms with Gasteiger partial charge in [-0.05, 0) is 43.5 Å². The number of amides is 1. The summed E-state index contributed by atoms with van der Waals surface area (Å²) in [5, 5.41) is 6.99. The Hall–Kier alpha value is -4.00. The van der Waals surface area contributed by atoms with Gasteiger partial charge >= 0.3 is 0 Å². The highest BCUT2D eigenvalue weighted by Crippen LogP contribution is 2.23. The first-order chi connectivity index (χ1) is 15.4. The molecule has 0 aliphatic rings. The molecular weight excluding hydrogens is 404 g/mol. The molecule has 4 rings (SSSR count). The summed E-state index contributed by atoms with van der Waals surface area (Å²) in [7, 11) is 0. The van der Waals surface area contributed by atoms with E-state index in [2.05, 4.69) is 15.5 Å². The van der Waals surface area contributed by atoms with Crippen molar-refractivity contribution >= 4 is 11.6 Å². The van der Waals surface area contributed by atoms with Crippen molar-refractivity contribution in [1.82, 2.24) is 14.7 Å². The van der Waals surface area contributed by atoms with Crippen molar-refractivity contribution in [3.63, 3.8) is 0 Å². The molecule has 2 aromatic heterocycles. The maximum Gasteiger partial charge on any atom is 0.259 e. The Morgan fingerprint density at radius 1 is 1.06 bits per heavy atom. The van der Waals surface area contributed by atoms with Crippen LogP contribution in [0, 0.1) is 13.8 Å². The average Bonchev–Trinajstić information content (AvgIpc) is 3.27. The monoisotopic (exact) mass is 428 g/mol. The summed E-state index contributed by atoms with van der Waals surface area (Å²) in [6.07, 6.45) is 2.36. The zero-order chi connectivity index (χ0) is 22.7. The molecule has 7 nitrogen and oxygen atoms in total. The number of rotatable bonds is 6. The topological polar surface area (TPSA) is 90.0 Å². The molecule has 0 aliphatic carbocycles. The van der Waals surface area contributed by atoms with Crippen molar-refractivity contribution in [2.75, 3.05) is 5.32 Å². The third kappa shape index (κ3) is 4.51. The molecule has 0 saturated carbocycles. The largest absolute Gasteiger partial charge is 0.334 e. The van der Waals surface area contributed by atoms with E-state index in [-0.39, 0.29) is 23.9 Å². The van der Waals surface area contributed by atoms with Crippen molar-refractivity contribution in [2.24, 2.45) is 0 Å². The average molecular weight is 428 g/mol. The number of aryl methyl sites for hydroxylation is 3. The van der Waals surface area contributed by atoms with Gasteiger partial charge in [-0.25, -0.2) is 0 Å². The van der Waals surface area contributed by atoms with Crippen molar-refractivity contribution in [3.8, 4) is 22.8 Å². The number of pyridine rings is 1. The van der Waals surface area contributed by atoms with Crippen LogP contribution in [-0.4, -0.2) is 20.6 Å². The second-order valence-corrected chi connectivity index (χ2v) is 7.69. The second kappa shape index (κ2) is 9.01. The van der Waals surface area contributed by atoms with Crippen LogP contribution in [0.2, 0.25) is 0 Å². The number of carbonyl (C=O) groups is 1. The molecule has 0 spiro atoms. The van der Waals surface area contributed by atoms with Crippen LogP contribution in [0.3, 0.4) is 0 Å². The minimum Gasteiger partial charge on any atom is -0.334 e. The normalized spacial score (nSPS) is 10.8. The lowest BCUT2D eigenvalue weighted by molar-refractivity contribution is -0.116. The lowest BCUT2D eigenvalue weighted by atomic mass is 10.1. The fourth-order valence-corrected chi connectivity index (χ4v) is 3.56. The predicted octanol–water partition coefficient (Wildman–Crippen LogP) is 4.38. The SMILES string of the molecule is CCc1cccc(C)c1NC(=O)Cn1cc(-c2nc(-c3cccc(C)c3)no2)ccc1=O. The minimum absolute atomic E-state index is 0.122. The van der Waals surface area contributed by atoms with Crippen molar-refractivity contribution < 1.29 is 9.32 Å². The van der Waals surface area contributed by atoms with Crippen molar-refractivity contribution in [3.05, 3.63) is 87.8 Å². The molecule has 0 bridgehead atoms. The first-order valence-electron chi connectivity index (χ1n) is 10.4. The summed E-state index contributed by atoms with van der Waals surface area (Å²) in [5.41, 5.74) is 5.04. The standard InChI is InChI=1S/C25H24N4O3/c1-4-18-9-6-8-17(3)23(18)26-21(30)15-29-14-20(11-12-22(29)31)25-27-24(28-32-25)19-10-5-7-16(2)13-19/h5-14H,4,15H2,1-3H3,(H,26,30). The van der Waals surface area contributed by atoms with Gasteiger partial charge in [-0.15, -0.1) is 0 Å². The van der Waals surface area contributed by atoms with Crippen LogP contribution in [-0.2, 0) is 17.8 Å². The molecule has 1 amide bonds. The number of hydrogen-bond acceptors (Lipinski definition) is 5. The van der Waals surface area contributed by atoms with E-state index in [1.807, 2.05) is 63.2 Å². The smallest absolute Gasteiger partial charge is 0.259 e. The molecule has 0 aliphatic heterocycles. The summed E-state index contributed by atoms with van der Waals surface area (Å²) in [4.78, 5) is 29.5. The fraction of sp³-hybridized carbons (Fsp3) is 0.200. The molecule has 0 fully saturated rings. The Morgan fingerprint density at radius 3 is 2.66 bits per heavy atom. The van der Waals surface area contributed by atoms with Gasteiger partial charge in [-0.2, -0.15) is 4.98 Å². The predicted molar refractivity (Wildman–Crippen MR) is 123 cm³/mol. The summed E-state index contributed by atoms with van der Waals surface area (Å²) in [5.74, 6) is 0.466. The van der Waals surface area contributed by atoms with Crippen molar-refractivity contribution in [2.45, 2.75) is 33.7 Å². The summed E-state index contributed by atoms with van der Waals surface area (Å²) >= 11 is 0. The van der Waals surface area contributed by atoms with E-state index in [0.717, 1.165) is 34.4 Å². The van der Waals surface area contributed by atoms with Gasteiger partial charge in [0.25, 0.3) is 11.4 Å². The van der Waals surface area contributed by atoms with E-state index in [1.165, 1.54) is 10.6 Å². The van der Waals surface area contributed by atoms with Gasteiger partial charge < -0.3 is 14.4 Å². The van der Waals surface area contributed by atoms with Gasteiger partial charge in [0, 0.05) is 23.5 Å². The van der Waals surface area contributed by atoms with Crippen LogP contribution in [0.25, 0.3) is 22.8 Å². The van der Waals surface area contributed by atoms with Crippen molar-refractivity contribution in [1.29, 1.82) is 0 Å². The molecule has 0 unspecified atom stereocenters. The number of nitrogens with zero attached hydrogens (tertiary/aromatic N) is 3. The van der Waals surface area contributed by atoms with Gasteiger partial charge in [0.1, 0.15) is 6.54 Å². The summed E-state index contributed by atoms with van der Waals surface area (Å²) in [6, 6.07) is 16.7. The number of anilines is 1. The second-order valence-electron chi connectivity index (χ2n) is 7.69. The quantitative estimate of drug-likeness (QED) is 0.492. The third-order valence-corrected chi connectivity index (χ3v) is 5.25. The Kier molecular flexibility index (Phi) is 5.98. The molecule has 0 atom stereocenters. The highest BCUT2D eigenvalue weighted by molar-refractivity contribution is 5.92. The molecule has 7 heteroatoms. The number of para-hydroxylation sites is 1. The van der Waals surface area contributed by atoms with E-state index < -0.39 is 0 Å². The molecule has 2 heterocycles. The molecule has 0 saturated heterocycles. The zero-order valence-corrected chi connectivity index (χ0v) is 18.3. The van der Waals surface area contributed by atoms with Gasteiger partial charge in [-0.1, -0.05) is 54.0 Å². The van der Waals surface area contributed by atoms with E-state index in [1.54, 1.807) is 12.3 Å². The van der Waals surface area contributed by atoms with Crippen LogP contribution in [0.4, 0.5) is 5.69 Å². The van der Waals surface area contributed by atoms with Crippen LogP contribution in [0.5, 0.6) is 0 Å². The lowest BCUT2D eigenvalue weighted by Gasteiger charge is -2.13. The number of carbonyl (C=O) groups excluding carboxylic acids is 1. The van der Waals surface area contributed by atoms with Gasteiger partial charge in [-0.3, -0.25) is 9.59 Å². The molecule has 4 aromatic rings. The fourth-order valence-electron chi connectivity index (χ4n) is 3.56. The molecular formula is C25H24N4O3. The first kappa shape index (κ1) is 21.2. The van der Waals surface area contributed by atoms with Gasteiger partial charge in [0.15, 0.2) is 0 Å². The molecule has 1 N–H and O–H groups in total. The molecule has 0 radical (unpaired) electrons. The zero-order valence-electron chi connectivity index (χ0n) is 18.3. The summed E-state index contributed by atoms with van der Waals surface area (Å²) < 4.78 is 6.75. The molecule has 32 heavy (non-hydrogen) atoms. The maximum absolute atomic E-state index is 12.7. The van der Waals surface area contributed by atoms with Gasteiger partial charge in [0.05, 0.1) is 5.56 Å². The molecule has 2 aromatic carbocycles. The van der Waals surface area contributed by atoms with E-state index >= 15 is 0 Å². The Bertz CT molecular complexity index is 1340. The number of hydrogen-bond donors (Lipinski definition) is 1. The Morgan fingerprint density at radius 2 is 1.88 bits per heavy atom. The van der Waals surface area contributed by atoms with E-state index in [0.29, 0.717) is 11.4 Å². The van der Waals surface area contributed by atoms with E-state index in [4.69, 9.17) is 4.52 Å². The molecule has 162 valence electrons. The maximum atomic E-state index is 12.7. The summed E-state index contributed by atoms with van der Waals surface area (Å²) in [6.45, 7) is 5.85. The highest BCUT2D eigenvalue weighted by atomic mass is 16.5. The number of aromatic nitrogens is 3. The first-order valence-corrected chi connectivity index (χ1v) is 10.4. The number of nitrogens with one attached hydrogen (secondary N) is 1. The van der Waals surface area contributed by atoms with Crippen LogP contribution in [0.15, 0.2) is 70.1 Å². The third-order valence-electron chi connectivity index (χ3n) is 5.25. The highest BCUT2D eigenvalue weighted by Gasteiger charge is 2.14. The Labute approximate surface area is 185 Å². The van der Waals surface area contributed by atoms with E-state index in [9.17, 15) is 9.59 Å². The van der Waals surface area contributed by atoms with Gasteiger partial charge in [0.2, 0.25) is 11.7 Å².